The number of nitrogens with zero attached hydrogens (tertiary/aromatic N) is 3. The molecule has 0 aliphatic heterocycles. The fourth-order valence-corrected chi connectivity index (χ4v) is 3.73. The van der Waals surface area contributed by atoms with Gasteiger partial charge in [0.25, 0.3) is 0 Å². The van der Waals surface area contributed by atoms with Crippen LogP contribution in [0.5, 0.6) is 5.75 Å². The Morgan fingerprint density at radius 3 is 2.71 bits per heavy atom. The molecule has 3 aromatic rings. The van der Waals surface area contributed by atoms with E-state index in [4.69, 9.17) is 9.72 Å². The number of amides is 1. The summed E-state index contributed by atoms with van der Waals surface area (Å²) in [7, 11) is 1.62. The number of rotatable bonds is 10. The van der Waals surface area contributed by atoms with Crippen molar-refractivity contribution < 1.29 is 9.53 Å². The lowest BCUT2D eigenvalue weighted by atomic mass is 9.91. The second-order valence-electron chi connectivity index (χ2n) is 7.53. The highest BCUT2D eigenvalue weighted by Gasteiger charge is 2.15. The van der Waals surface area contributed by atoms with Gasteiger partial charge < -0.3 is 10.1 Å². The first kappa shape index (κ1) is 22.4. The maximum atomic E-state index is 12.0. The molecule has 2 heterocycles. The Hall–Kier alpha value is -3.28. The van der Waals surface area contributed by atoms with Gasteiger partial charge in [-0.25, -0.2) is 4.98 Å². The van der Waals surface area contributed by atoms with Crippen LogP contribution in [0.3, 0.4) is 0 Å². The highest BCUT2D eigenvalue weighted by Crippen LogP contribution is 2.28. The number of ether oxygens (including phenoxy) is 1. The van der Waals surface area contributed by atoms with Crippen LogP contribution < -0.4 is 10.1 Å². The van der Waals surface area contributed by atoms with Crippen LogP contribution in [0, 0.1) is 0 Å². The number of benzene rings is 1. The Labute approximate surface area is 184 Å². The van der Waals surface area contributed by atoms with Crippen molar-refractivity contribution in [3.8, 4) is 17.0 Å². The molecule has 6 nitrogen and oxygen atoms in total. The topological polar surface area (TPSA) is 77.0 Å². The molecular formula is C25H30N4O2. The van der Waals surface area contributed by atoms with Gasteiger partial charge in [-0.3, -0.25) is 14.8 Å². The highest BCUT2D eigenvalue weighted by molar-refractivity contribution is 5.79. The molecule has 0 aliphatic rings. The van der Waals surface area contributed by atoms with Crippen molar-refractivity contribution in [2.75, 3.05) is 13.7 Å². The summed E-state index contributed by atoms with van der Waals surface area (Å²) < 4.78 is 5.54. The van der Waals surface area contributed by atoms with Gasteiger partial charge in [-0.15, -0.1) is 0 Å². The second kappa shape index (κ2) is 11.2. The lowest BCUT2D eigenvalue weighted by Gasteiger charge is -2.16. The van der Waals surface area contributed by atoms with E-state index in [1.807, 2.05) is 43.6 Å². The van der Waals surface area contributed by atoms with Crippen molar-refractivity contribution >= 4 is 5.91 Å². The van der Waals surface area contributed by atoms with Crippen molar-refractivity contribution in [2.24, 2.45) is 0 Å². The molecule has 0 spiro atoms. The summed E-state index contributed by atoms with van der Waals surface area (Å²) in [4.78, 5) is 25.5. The Morgan fingerprint density at radius 1 is 1.13 bits per heavy atom. The third-order valence-electron chi connectivity index (χ3n) is 5.24. The molecule has 2 aromatic heterocycles. The van der Waals surface area contributed by atoms with Crippen LogP contribution in [-0.4, -0.2) is 34.5 Å². The number of hydrogen-bond acceptors (Lipinski definition) is 5. The van der Waals surface area contributed by atoms with Gasteiger partial charge in [0.15, 0.2) is 0 Å². The average Bonchev–Trinajstić information content (AvgIpc) is 2.80. The number of aromatic nitrogens is 3. The quantitative estimate of drug-likeness (QED) is 0.530. The van der Waals surface area contributed by atoms with Gasteiger partial charge in [0, 0.05) is 36.3 Å². The van der Waals surface area contributed by atoms with Crippen LogP contribution in [-0.2, 0) is 17.6 Å². The summed E-state index contributed by atoms with van der Waals surface area (Å²) in [5.74, 6) is 1.01. The van der Waals surface area contributed by atoms with Crippen molar-refractivity contribution in [3.05, 3.63) is 71.9 Å². The summed E-state index contributed by atoms with van der Waals surface area (Å²) in [6, 6.07) is 9.92. The van der Waals surface area contributed by atoms with Gasteiger partial charge in [0.05, 0.1) is 31.1 Å². The number of carbonyl (C=O) groups excluding carboxylic acids is 1. The van der Waals surface area contributed by atoms with E-state index in [2.05, 4.69) is 28.3 Å². The Balaban J connectivity index is 1.82. The van der Waals surface area contributed by atoms with Crippen molar-refractivity contribution in [1.29, 1.82) is 0 Å². The lowest BCUT2D eigenvalue weighted by molar-refractivity contribution is -0.120. The minimum Gasteiger partial charge on any atom is -0.496 e. The number of hydrogen-bond donors (Lipinski definition) is 1. The monoisotopic (exact) mass is 418 g/mol. The fraction of sp³-hybridized carbons (Fsp3) is 0.360. The summed E-state index contributed by atoms with van der Waals surface area (Å²) >= 11 is 0. The molecule has 1 atom stereocenters. The summed E-state index contributed by atoms with van der Waals surface area (Å²) in [6.45, 7) is 4.71. The lowest BCUT2D eigenvalue weighted by Crippen LogP contribution is -2.24. The largest absolute Gasteiger partial charge is 0.496 e. The molecule has 0 saturated heterocycles. The van der Waals surface area contributed by atoms with Gasteiger partial charge >= 0.3 is 0 Å². The van der Waals surface area contributed by atoms with Crippen molar-refractivity contribution in [3.63, 3.8) is 0 Å². The molecule has 0 fully saturated rings. The maximum Gasteiger partial charge on any atom is 0.224 e. The normalized spacial score (nSPS) is 11.7. The molecule has 1 N–H and O–H groups in total. The third kappa shape index (κ3) is 6.10. The number of likely N-dealkylation sites (N-methyl/N-ethyl adjacent to an activating group) is 1. The first-order valence-electron chi connectivity index (χ1n) is 10.8. The van der Waals surface area contributed by atoms with E-state index in [0.29, 0.717) is 18.2 Å². The van der Waals surface area contributed by atoms with Crippen molar-refractivity contribution in [1.82, 2.24) is 20.3 Å². The smallest absolute Gasteiger partial charge is 0.224 e. The van der Waals surface area contributed by atoms with Crippen LogP contribution in [0.1, 0.15) is 49.4 Å². The second-order valence-corrected chi connectivity index (χ2v) is 7.53. The van der Waals surface area contributed by atoms with E-state index in [-0.39, 0.29) is 12.3 Å². The Kier molecular flexibility index (Phi) is 8.10. The van der Waals surface area contributed by atoms with Gasteiger partial charge in [0.2, 0.25) is 5.91 Å². The Bertz CT molecular complexity index is 992. The molecule has 0 radical (unpaired) electrons. The maximum absolute atomic E-state index is 12.0. The van der Waals surface area contributed by atoms with Crippen LogP contribution in [0.2, 0.25) is 0 Å². The molecule has 31 heavy (non-hydrogen) atoms. The zero-order valence-corrected chi connectivity index (χ0v) is 18.5. The molecular weight excluding hydrogens is 388 g/mol. The number of methoxy groups -OCH3 is 1. The van der Waals surface area contributed by atoms with E-state index in [9.17, 15) is 4.79 Å². The molecule has 6 heteroatoms. The van der Waals surface area contributed by atoms with Gasteiger partial charge in [-0.2, -0.15) is 0 Å². The molecule has 0 unspecified atom stereocenters. The molecule has 3 rings (SSSR count). The van der Waals surface area contributed by atoms with Gasteiger partial charge in [-0.05, 0) is 43.4 Å². The number of pyridine rings is 1. The van der Waals surface area contributed by atoms with E-state index in [1.165, 1.54) is 5.56 Å². The minimum atomic E-state index is -0.0206. The SMILES string of the molecule is CCC[C@H](Cc1cncc(-c2ccc(CC(=O)NCC)c(OC)c2)n1)c1cccnc1. The molecule has 1 aromatic carbocycles. The zero-order valence-electron chi connectivity index (χ0n) is 18.5. The molecule has 1 amide bonds. The number of nitrogens with one attached hydrogen (secondary N) is 1. The highest BCUT2D eigenvalue weighted by atomic mass is 16.5. The summed E-state index contributed by atoms with van der Waals surface area (Å²) in [6.07, 6.45) is 10.6. The summed E-state index contributed by atoms with van der Waals surface area (Å²) in [5.41, 5.74) is 4.74. The Morgan fingerprint density at radius 2 is 2.00 bits per heavy atom. The molecule has 162 valence electrons. The van der Waals surface area contributed by atoms with E-state index in [0.717, 1.165) is 41.8 Å². The minimum absolute atomic E-state index is 0.0206. The van der Waals surface area contributed by atoms with Gasteiger partial charge in [-0.1, -0.05) is 31.5 Å². The third-order valence-corrected chi connectivity index (χ3v) is 5.24. The van der Waals surface area contributed by atoms with E-state index < -0.39 is 0 Å². The predicted octanol–water partition coefficient (Wildman–Crippen LogP) is 4.35. The zero-order chi connectivity index (χ0) is 22.1. The standard InChI is InChI=1S/C25H30N4O2/c1-4-7-18(21-8-6-11-26-15-21)12-22-16-27-17-23(29-22)19-9-10-20(24(13-19)31-3)14-25(30)28-5-2/h6,8-11,13,15-18H,4-5,7,12,14H2,1-3H3,(H,28,30)/t18-/m1/s1. The predicted molar refractivity (Wildman–Crippen MR) is 122 cm³/mol. The first-order chi connectivity index (χ1) is 15.1. The number of carbonyl (C=O) groups is 1. The van der Waals surface area contributed by atoms with E-state index in [1.54, 1.807) is 19.5 Å². The van der Waals surface area contributed by atoms with Gasteiger partial charge in [0.1, 0.15) is 5.75 Å². The van der Waals surface area contributed by atoms with Crippen LogP contribution in [0.25, 0.3) is 11.3 Å². The van der Waals surface area contributed by atoms with Crippen LogP contribution in [0.15, 0.2) is 55.1 Å². The van der Waals surface area contributed by atoms with Crippen LogP contribution in [0.4, 0.5) is 0 Å². The molecule has 0 saturated carbocycles. The fourth-order valence-electron chi connectivity index (χ4n) is 3.73. The molecule has 0 bridgehead atoms. The van der Waals surface area contributed by atoms with Crippen molar-refractivity contribution in [2.45, 2.75) is 45.4 Å². The summed E-state index contributed by atoms with van der Waals surface area (Å²) in [5, 5.41) is 2.82. The average molecular weight is 419 g/mol. The molecule has 0 aliphatic carbocycles. The van der Waals surface area contributed by atoms with Crippen LogP contribution >= 0.6 is 0 Å². The first-order valence-corrected chi connectivity index (χ1v) is 10.8. The van der Waals surface area contributed by atoms with E-state index >= 15 is 0 Å².